The predicted octanol–water partition coefficient (Wildman–Crippen LogP) is 2.73. The fourth-order valence-corrected chi connectivity index (χ4v) is 2.78. The van der Waals surface area contributed by atoms with Crippen LogP contribution in [0.2, 0.25) is 0 Å². The molecule has 0 bridgehead atoms. The molecule has 24 heavy (non-hydrogen) atoms. The number of hydrogen-bond donors (Lipinski definition) is 1. The number of ether oxygens (including phenoxy) is 1. The van der Waals surface area contributed by atoms with E-state index >= 15 is 0 Å². The Morgan fingerprint density at radius 1 is 1.21 bits per heavy atom. The van der Waals surface area contributed by atoms with Crippen molar-refractivity contribution in [3.63, 3.8) is 0 Å². The molecule has 0 saturated carbocycles. The Morgan fingerprint density at radius 3 is 2.67 bits per heavy atom. The van der Waals surface area contributed by atoms with Crippen molar-refractivity contribution in [2.45, 2.75) is 26.7 Å². The van der Waals surface area contributed by atoms with E-state index < -0.39 is 0 Å². The number of pyridine rings is 1. The van der Waals surface area contributed by atoms with Crippen LogP contribution in [0.15, 0.2) is 36.5 Å². The number of aromatic nitrogens is 1. The molecule has 1 aromatic carbocycles. The molecule has 1 amide bonds. The lowest BCUT2D eigenvalue weighted by Gasteiger charge is -2.17. The summed E-state index contributed by atoms with van der Waals surface area (Å²) in [5.74, 6) is -0.362. The second-order valence-corrected chi connectivity index (χ2v) is 6.32. The summed E-state index contributed by atoms with van der Waals surface area (Å²) in [7, 11) is 1.37. The van der Waals surface area contributed by atoms with Crippen molar-refractivity contribution < 1.29 is 14.3 Å². The first kappa shape index (κ1) is 17.9. The molecule has 0 aliphatic rings. The van der Waals surface area contributed by atoms with Crippen LogP contribution in [-0.4, -0.2) is 30.5 Å². The highest BCUT2D eigenvalue weighted by molar-refractivity contribution is 5.87. The Hall–Kier alpha value is -2.43. The van der Waals surface area contributed by atoms with Crippen LogP contribution < -0.4 is 5.32 Å². The molecule has 0 spiro atoms. The summed E-state index contributed by atoms with van der Waals surface area (Å²) in [6, 6.07) is 9.64. The molecule has 2 rings (SSSR count). The van der Waals surface area contributed by atoms with Crippen LogP contribution in [0, 0.1) is 11.8 Å². The van der Waals surface area contributed by atoms with Crippen LogP contribution in [0.3, 0.4) is 0 Å². The van der Waals surface area contributed by atoms with Crippen LogP contribution in [0.4, 0.5) is 0 Å². The first-order valence-electron chi connectivity index (χ1n) is 8.18. The van der Waals surface area contributed by atoms with Crippen molar-refractivity contribution >= 4 is 22.8 Å². The maximum atomic E-state index is 12.3. The quantitative estimate of drug-likeness (QED) is 0.794. The lowest BCUT2D eigenvalue weighted by atomic mass is 9.97. The number of amides is 1. The van der Waals surface area contributed by atoms with Crippen LogP contribution in [0.25, 0.3) is 10.9 Å². The molecule has 0 fully saturated rings. The van der Waals surface area contributed by atoms with E-state index in [9.17, 15) is 9.59 Å². The molecule has 0 aliphatic carbocycles. The molecule has 5 nitrogen and oxygen atoms in total. The number of methoxy groups -OCH3 is 1. The van der Waals surface area contributed by atoms with Crippen LogP contribution in [0.5, 0.6) is 0 Å². The van der Waals surface area contributed by atoms with Crippen molar-refractivity contribution in [2.24, 2.45) is 11.8 Å². The minimum Gasteiger partial charge on any atom is -0.469 e. The molecular weight excluding hydrogens is 304 g/mol. The Morgan fingerprint density at radius 2 is 1.96 bits per heavy atom. The van der Waals surface area contributed by atoms with E-state index in [2.05, 4.69) is 10.3 Å². The number of nitrogens with one attached hydrogen (secondary N) is 1. The summed E-state index contributed by atoms with van der Waals surface area (Å²) in [6.45, 7) is 4.38. The number of carbonyl (C=O) groups is 2. The molecule has 2 aromatic rings. The minimum atomic E-state index is -0.315. The van der Waals surface area contributed by atoms with Crippen LogP contribution in [-0.2, 0) is 20.7 Å². The second-order valence-electron chi connectivity index (χ2n) is 6.32. The molecule has 1 aromatic heterocycles. The van der Waals surface area contributed by atoms with E-state index in [4.69, 9.17) is 4.74 Å². The molecule has 0 aliphatic heterocycles. The van der Waals surface area contributed by atoms with Gasteiger partial charge in [0.15, 0.2) is 0 Å². The number of hydrogen-bond acceptors (Lipinski definition) is 4. The standard InChI is InChI=1S/C19H24N2O3/c1-13(2)10-16(19(23)24-3)12-21-17(22)11-15-7-4-6-14-8-5-9-20-18(14)15/h4-9,13,16H,10-12H2,1-3H3,(H,21,22)/t16-/m1/s1. The average Bonchev–Trinajstić information content (AvgIpc) is 2.58. The topological polar surface area (TPSA) is 68.3 Å². The highest BCUT2D eigenvalue weighted by Crippen LogP contribution is 2.17. The zero-order valence-corrected chi connectivity index (χ0v) is 14.4. The highest BCUT2D eigenvalue weighted by Gasteiger charge is 2.21. The number of para-hydroxylation sites is 1. The predicted molar refractivity (Wildman–Crippen MR) is 93.4 cm³/mol. The molecule has 5 heteroatoms. The molecule has 1 N–H and O–H groups in total. The zero-order valence-electron chi connectivity index (χ0n) is 14.4. The lowest BCUT2D eigenvalue weighted by Crippen LogP contribution is -2.35. The van der Waals surface area contributed by atoms with E-state index in [0.717, 1.165) is 16.5 Å². The first-order valence-corrected chi connectivity index (χ1v) is 8.18. The van der Waals surface area contributed by atoms with Gasteiger partial charge >= 0.3 is 5.97 Å². The average molecular weight is 328 g/mol. The Balaban J connectivity index is 2.00. The molecule has 1 atom stereocenters. The minimum absolute atomic E-state index is 0.120. The van der Waals surface area contributed by atoms with Crippen molar-refractivity contribution in [3.8, 4) is 0 Å². The van der Waals surface area contributed by atoms with Crippen molar-refractivity contribution in [2.75, 3.05) is 13.7 Å². The molecule has 0 saturated heterocycles. The molecule has 0 radical (unpaired) electrons. The first-order chi connectivity index (χ1) is 11.5. The van der Waals surface area contributed by atoms with Gasteiger partial charge in [-0.05, 0) is 24.0 Å². The summed E-state index contributed by atoms with van der Waals surface area (Å²) in [5, 5.41) is 3.86. The summed E-state index contributed by atoms with van der Waals surface area (Å²) >= 11 is 0. The Kier molecular flexibility index (Phi) is 6.29. The fraction of sp³-hybridized carbons (Fsp3) is 0.421. The van der Waals surface area contributed by atoms with Gasteiger partial charge in [0, 0.05) is 18.1 Å². The van der Waals surface area contributed by atoms with Crippen molar-refractivity contribution in [1.29, 1.82) is 0 Å². The Bertz CT molecular complexity index is 707. The number of carbonyl (C=O) groups excluding carboxylic acids is 2. The van der Waals surface area contributed by atoms with Gasteiger partial charge in [-0.3, -0.25) is 14.6 Å². The van der Waals surface area contributed by atoms with Gasteiger partial charge in [-0.2, -0.15) is 0 Å². The van der Waals surface area contributed by atoms with E-state index in [-0.39, 0.29) is 24.2 Å². The maximum Gasteiger partial charge on any atom is 0.310 e. The van der Waals surface area contributed by atoms with Gasteiger partial charge < -0.3 is 10.1 Å². The Labute approximate surface area is 142 Å². The summed E-state index contributed by atoms with van der Waals surface area (Å²) in [6.07, 6.45) is 2.65. The van der Waals surface area contributed by atoms with Crippen molar-refractivity contribution in [3.05, 3.63) is 42.1 Å². The summed E-state index contributed by atoms with van der Waals surface area (Å²) < 4.78 is 4.82. The van der Waals surface area contributed by atoms with Crippen LogP contribution in [0.1, 0.15) is 25.8 Å². The third-order valence-electron chi connectivity index (χ3n) is 3.90. The SMILES string of the molecule is COC(=O)[C@@H](CNC(=O)Cc1cccc2cccnc12)CC(C)C. The third kappa shape index (κ3) is 4.78. The van der Waals surface area contributed by atoms with Crippen LogP contribution >= 0.6 is 0 Å². The number of benzene rings is 1. The zero-order chi connectivity index (χ0) is 17.5. The smallest absolute Gasteiger partial charge is 0.310 e. The number of nitrogens with zero attached hydrogens (tertiary/aromatic N) is 1. The summed E-state index contributed by atoms with van der Waals surface area (Å²) in [5.41, 5.74) is 1.71. The fourth-order valence-electron chi connectivity index (χ4n) is 2.78. The second kappa shape index (κ2) is 8.43. The van der Waals surface area contributed by atoms with E-state index in [1.807, 2.05) is 44.2 Å². The lowest BCUT2D eigenvalue weighted by molar-refractivity contribution is -0.145. The van der Waals surface area contributed by atoms with Crippen molar-refractivity contribution in [1.82, 2.24) is 10.3 Å². The van der Waals surface area contributed by atoms with Gasteiger partial charge in [0.1, 0.15) is 0 Å². The van der Waals surface area contributed by atoms with Gasteiger partial charge in [-0.1, -0.05) is 38.1 Å². The van der Waals surface area contributed by atoms with E-state index in [1.165, 1.54) is 7.11 Å². The third-order valence-corrected chi connectivity index (χ3v) is 3.90. The van der Waals surface area contributed by atoms with Gasteiger partial charge in [0.25, 0.3) is 0 Å². The highest BCUT2D eigenvalue weighted by atomic mass is 16.5. The normalized spacial score (nSPS) is 12.2. The summed E-state index contributed by atoms with van der Waals surface area (Å²) in [4.78, 5) is 28.4. The molecular formula is C19H24N2O3. The van der Waals surface area contributed by atoms with Gasteiger partial charge in [-0.25, -0.2) is 0 Å². The van der Waals surface area contributed by atoms with Gasteiger partial charge in [0.2, 0.25) is 5.91 Å². The van der Waals surface area contributed by atoms with E-state index in [0.29, 0.717) is 18.9 Å². The number of fused-ring (bicyclic) bond motifs is 1. The number of rotatable bonds is 7. The molecule has 0 unspecified atom stereocenters. The van der Waals surface area contributed by atoms with E-state index in [1.54, 1.807) is 6.20 Å². The molecule has 1 heterocycles. The molecule has 128 valence electrons. The number of esters is 1. The maximum absolute atomic E-state index is 12.3. The van der Waals surface area contributed by atoms with Gasteiger partial charge in [0.05, 0.1) is 25.0 Å². The monoisotopic (exact) mass is 328 g/mol. The largest absolute Gasteiger partial charge is 0.469 e. The van der Waals surface area contributed by atoms with Gasteiger partial charge in [-0.15, -0.1) is 0 Å².